The van der Waals surface area contributed by atoms with E-state index in [9.17, 15) is 5.11 Å². The molecule has 0 aromatic heterocycles. The summed E-state index contributed by atoms with van der Waals surface area (Å²) in [6.07, 6.45) is 3.62. The number of nitrogens with two attached hydrogens (primary N) is 1. The molecule has 0 aliphatic heterocycles. The van der Waals surface area contributed by atoms with Crippen molar-refractivity contribution in [1.82, 2.24) is 0 Å². The summed E-state index contributed by atoms with van der Waals surface area (Å²) >= 11 is 0. The number of benzene rings is 1. The van der Waals surface area contributed by atoms with Crippen molar-refractivity contribution in [2.24, 2.45) is 11.7 Å². The summed E-state index contributed by atoms with van der Waals surface area (Å²) < 4.78 is 0. The molecule has 0 unspecified atom stereocenters. The van der Waals surface area contributed by atoms with E-state index in [2.05, 4.69) is 0 Å². The number of phenolic OH excluding ortho intramolecular Hbond substituents is 1. The molecule has 2 nitrogen and oxygen atoms in total. The Kier molecular flexibility index (Phi) is 2.46. The Labute approximate surface area is 84.7 Å². The van der Waals surface area contributed by atoms with Gasteiger partial charge >= 0.3 is 0 Å². The fourth-order valence-electron chi connectivity index (χ4n) is 1.98. The van der Waals surface area contributed by atoms with Gasteiger partial charge in [-0.15, -0.1) is 0 Å². The number of aryl methyl sites for hydroxylation is 1. The minimum atomic E-state index is 0.00343. The van der Waals surface area contributed by atoms with Crippen LogP contribution in [0.15, 0.2) is 18.2 Å². The van der Waals surface area contributed by atoms with Gasteiger partial charge in [0.1, 0.15) is 5.75 Å². The molecular formula is C12H17NO. The quantitative estimate of drug-likeness (QED) is 0.771. The van der Waals surface area contributed by atoms with Gasteiger partial charge in [-0.05, 0) is 30.9 Å². The lowest BCUT2D eigenvalue weighted by molar-refractivity contribution is 0.454. The average molecular weight is 191 g/mol. The van der Waals surface area contributed by atoms with Gasteiger partial charge in [0.25, 0.3) is 0 Å². The molecule has 1 fully saturated rings. The topological polar surface area (TPSA) is 46.2 Å². The van der Waals surface area contributed by atoms with Crippen molar-refractivity contribution < 1.29 is 5.11 Å². The summed E-state index contributed by atoms with van der Waals surface area (Å²) in [6, 6.07) is 5.58. The summed E-state index contributed by atoms with van der Waals surface area (Å²) in [4.78, 5) is 0. The summed E-state index contributed by atoms with van der Waals surface area (Å²) in [5.74, 6) is 1.14. The maximum atomic E-state index is 9.72. The molecule has 0 radical (unpaired) electrons. The third-order valence-corrected chi connectivity index (χ3v) is 2.96. The highest BCUT2D eigenvalue weighted by Crippen LogP contribution is 2.39. The molecule has 0 spiro atoms. The standard InChI is InChI=1S/C12H17NO/c1-8-3-2-4-11(14)12(8)10(13)7-9-5-6-9/h2-4,9-10,14H,5-7,13H2,1H3/t10-/m1/s1. The van der Waals surface area contributed by atoms with Gasteiger partial charge in [0.2, 0.25) is 0 Å². The van der Waals surface area contributed by atoms with Crippen molar-refractivity contribution in [3.8, 4) is 5.75 Å². The van der Waals surface area contributed by atoms with Gasteiger partial charge in [0.05, 0.1) is 0 Å². The van der Waals surface area contributed by atoms with E-state index >= 15 is 0 Å². The van der Waals surface area contributed by atoms with Crippen LogP contribution >= 0.6 is 0 Å². The summed E-state index contributed by atoms with van der Waals surface area (Å²) in [7, 11) is 0. The molecule has 14 heavy (non-hydrogen) atoms. The molecule has 1 aliphatic rings. The average Bonchev–Trinajstić information content (AvgIpc) is 2.87. The minimum Gasteiger partial charge on any atom is -0.508 e. The molecule has 1 atom stereocenters. The van der Waals surface area contributed by atoms with Crippen molar-refractivity contribution in [1.29, 1.82) is 0 Å². The first kappa shape index (κ1) is 9.53. The van der Waals surface area contributed by atoms with Gasteiger partial charge in [-0.25, -0.2) is 0 Å². The molecule has 2 heteroatoms. The molecule has 1 aliphatic carbocycles. The van der Waals surface area contributed by atoms with E-state index in [0.717, 1.165) is 23.5 Å². The Morgan fingerprint density at radius 3 is 2.79 bits per heavy atom. The highest BCUT2D eigenvalue weighted by molar-refractivity contribution is 5.40. The Bertz CT molecular complexity index is 311. The molecule has 2 rings (SSSR count). The Hall–Kier alpha value is -1.02. The lowest BCUT2D eigenvalue weighted by Crippen LogP contribution is -2.12. The van der Waals surface area contributed by atoms with E-state index in [4.69, 9.17) is 5.73 Å². The number of rotatable bonds is 3. The summed E-state index contributed by atoms with van der Waals surface area (Å²) in [5.41, 5.74) is 8.10. The van der Waals surface area contributed by atoms with Crippen molar-refractivity contribution in [3.63, 3.8) is 0 Å². The Balaban J connectivity index is 2.19. The van der Waals surface area contributed by atoms with Crippen LogP contribution in [0.2, 0.25) is 0 Å². The molecule has 1 saturated carbocycles. The zero-order valence-electron chi connectivity index (χ0n) is 8.53. The van der Waals surface area contributed by atoms with Crippen LogP contribution in [0.5, 0.6) is 5.75 Å². The molecule has 0 bridgehead atoms. The molecule has 1 aromatic rings. The number of phenols is 1. The van der Waals surface area contributed by atoms with Crippen molar-refractivity contribution in [3.05, 3.63) is 29.3 Å². The van der Waals surface area contributed by atoms with E-state index in [1.165, 1.54) is 12.8 Å². The largest absolute Gasteiger partial charge is 0.508 e. The van der Waals surface area contributed by atoms with E-state index in [1.54, 1.807) is 6.07 Å². The van der Waals surface area contributed by atoms with Gasteiger partial charge in [0.15, 0.2) is 0 Å². The number of hydrogen-bond acceptors (Lipinski definition) is 2. The molecule has 1 aromatic carbocycles. The first-order valence-corrected chi connectivity index (χ1v) is 5.22. The first-order valence-electron chi connectivity index (χ1n) is 5.22. The zero-order chi connectivity index (χ0) is 10.1. The maximum Gasteiger partial charge on any atom is 0.120 e. The van der Waals surface area contributed by atoms with Crippen molar-refractivity contribution in [2.75, 3.05) is 0 Å². The van der Waals surface area contributed by atoms with Crippen molar-refractivity contribution >= 4 is 0 Å². The van der Waals surface area contributed by atoms with E-state index < -0.39 is 0 Å². The lowest BCUT2D eigenvalue weighted by Gasteiger charge is -2.15. The second kappa shape index (κ2) is 3.62. The van der Waals surface area contributed by atoms with Gasteiger partial charge in [-0.2, -0.15) is 0 Å². The monoisotopic (exact) mass is 191 g/mol. The second-order valence-electron chi connectivity index (χ2n) is 4.29. The number of hydrogen-bond donors (Lipinski definition) is 2. The normalized spacial score (nSPS) is 18.1. The van der Waals surface area contributed by atoms with Crippen LogP contribution in [0.4, 0.5) is 0 Å². The molecule has 0 saturated heterocycles. The molecular weight excluding hydrogens is 174 g/mol. The molecule has 0 amide bonds. The van der Waals surface area contributed by atoms with Crippen LogP contribution in [-0.2, 0) is 0 Å². The first-order chi connectivity index (χ1) is 6.68. The predicted octanol–water partition coefficient (Wildman–Crippen LogP) is 2.50. The molecule has 76 valence electrons. The number of aromatic hydroxyl groups is 1. The predicted molar refractivity (Wildman–Crippen MR) is 57.1 cm³/mol. The van der Waals surface area contributed by atoms with Crippen molar-refractivity contribution in [2.45, 2.75) is 32.2 Å². The highest BCUT2D eigenvalue weighted by atomic mass is 16.3. The van der Waals surface area contributed by atoms with E-state index in [-0.39, 0.29) is 6.04 Å². The SMILES string of the molecule is Cc1cccc(O)c1[C@H](N)CC1CC1. The van der Waals surface area contributed by atoms with Crippen LogP contribution in [0.1, 0.15) is 36.4 Å². The molecule has 3 N–H and O–H groups in total. The van der Waals surface area contributed by atoms with E-state index in [1.807, 2.05) is 19.1 Å². The van der Waals surface area contributed by atoms with Crippen LogP contribution in [0, 0.1) is 12.8 Å². The highest BCUT2D eigenvalue weighted by Gasteiger charge is 2.26. The Morgan fingerprint density at radius 2 is 2.21 bits per heavy atom. The zero-order valence-corrected chi connectivity index (χ0v) is 8.53. The van der Waals surface area contributed by atoms with Gasteiger partial charge < -0.3 is 10.8 Å². The van der Waals surface area contributed by atoms with Gasteiger partial charge in [-0.3, -0.25) is 0 Å². The third-order valence-electron chi connectivity index (χ3n) is 2.96. The Morgan fingerprint density at radius 1 is 1.50 bits per heavy atom. The van der Waals surface area contributed by atoms with Gasteiger partial charge in [-0.1, -0.05) is 25.0 Å². The smallest absolute Gasteiger partial charge is 0.120 e. The summed E-state index contributed by atoms with van der Waals surface area (Å²) in [6.45, 7) is 2.00. The fourth-order valence-corrected chi connectivity index (χ4v) is 1.98. The third kappa shape index (κ3) is 1.90. The van der Waals surface area contributed by atoms with Crippen LogP contribution < -0.4 is 5.73 Å². The van der Waals surface area contributed by atoms with E-state index in [0.29, 0.717) is 5.75 Å². The molecule has 0 heterocycles. The minimum absolute atomic E-state index is 0.00343. The maximum absolute atomic E-state index is 9.72. The van der Waals surface area contributed by atoms with Gasteiger partial charge in [0, 0.05) is 11.6 Å². The lowest BCUT2D eigenvalue weighted by atomic mass is 9.97. The van der Waals surface area contributed by atoms with Crippen LogP contribution in [0.3, 0.4) is 0 Å². The van der Waals surface area contributed by atoms with Crippen LogP contribution in [-0.4, -0.2) is 5.11 Å². The second-order valence-corrected chi connectivity index (χ2v) is 4.29. The summed E-state index contributed by atoms with van der Waals surface area (Å²) in [5, 5.41) is 9.72. The fraction of sp³-hybridized carbons (Fsp3) is 0.500. The van der Waals surface area contributed by atoms with Crippen LogP contribution in [0.25, 0.3) is 0 Å².